The van der Waals surface area contributed by atoms with Gasteiger partial charge in [0.15, 0.2) is 0 Å². The summed E-state index contributed by atoms with van der Waals surface area (Å²) < 4.78 is 31.9. The molecule has 0 saturated heterocycles. The Kier molecular flexibility index (Phi) is 5.98. The maximum Gasteiger partial charge on any atom is 0.211 e. The zero-order valence-corrected chi connectivity index (χ0v) is 14.3. The predicted molar refractivity (Wildman–Crippen MR) is 89.7 cm³/mol. The van der Waals surface area contributed by atoms with Gasteiger partial charge in [0.2, 0.25) is 10.0 Å². The first-order valence-corrected chi connectivity index (χ1v) is 9.29. The van der Waals surface area contributed by atoms with Gasteiger partial charge < -0.3 is 9.52 Å². The number of benzene rings is 1. The second-order valence-corrected chi connectivity index (χ2v) is 7.55. The van der Waals surface area contributed by atoms with Gasteiger partial charge in [-0.3, -0.25) is 0 Å². The molecule has 0 fully saturated rings. The largest absolute Gasteiger partial charge is 0.466 e. The molecule has 6 heteroatoms. The number of hydrogen-bond donors (Lipinski definition) is 2. The summed E-state index contributed by atoms with van der Waals surface area (Å²) in [6.45, 7) is 3.80. The van der Waals surface area contributed by atoms with Gasteiger partial charge in [0.25, 0.3) is 0 Å². The number of aliphatic hydroxyl groups is 1. The van der Waals surface area contributed by atoms with Crippen molar-refractivity contribution in [1.82, 2.24) is 4.72 Å². The zero-order chi connectivity index (χ0) is 16.9. The minimum absolute atomic E-state index is 0.0386. The molecule has 2 aromatic rings. The molecule has 0 unspecified atom stereocenters. The van der Waals surface area contributed by atoms with Crippen molar-refractivity contribution in [2.24, 2.45) is 0 Å². The molecule has 0 amide bonds. The van der Waals surface area contributed by atoms with E-state index in [0.717, 1.165) is 11.3 Å². The Balaban J connectivity index is 1.79. The fourth-order valence-corrected chi connectivity index (χ4v) is 3.53. The summed E-state index contributed by atoms with van der Waals surface area (Å²) in [7, 11) is -3.35. The number of rotatable bonds is 8. The minimum Gasteiger partial charge on any atom is -0.466 e. The summed E-state index contributed by atoms with van der Waals surface area (Å²) in [4.78, 5) is 0. The van der Waals surface area contributed by atoms with E-state index in [9.17, 15) is 13.5 Å². The van der Waals surface area contributed by atoms with Crippen molar-refractivity contribution < 1.29 is 17.9 Å². The minimum atomic E-state index is -3.35. The molecular weight excluding hydrogens is 314 g/mol. The summed E-state index contributed by atoms with van der Waals surface area (Å²) in [5.41, 5.74) is 1.70. The standard InChI is InChI=1S/C17H23NO4S/c1-13-12-16(14(2)22-13)17(19)8-10-18-23(20,21)11-9-15-6-4-3-5-7-15/h3-7,12,17-19H,8-11H2,1-2H3/t17-/m1/s1. The van der Waals surface area contributed by atoms with Gasteiger partial charge in [-0.2, -0.15) is 0 Å². The quantitative estimate of drug-likeness (QED) is 0.775. The number of nitrogens with one attached hydrogen (secondary N) is 1. The number of furan rings is 1. The third-order valence-electron chi connectivity index (χ3n) is 3.68. The molecule has 0 aliphatic carbocycles. The van der Waals surface area contributed by atoms with Crippen LogP contribution < -0.4 is 4.72 Å². The zero-order valence-electron chi connectivity index (χ0n) is 13.5. The highest BCUT2D eigenvalue weighted by Crippen LogP contribution is 2.23. The van der Waals surface area contributed by atoms with Gasteiger partial charge in [0.05, 0.1) is 11.9 Å². The molecule has 0 radical (unpaired) electrons. The van der Waals surface area contributed by atoms with Crippen LogP contribution in [0.4, 0.5) is 0 Å². The first kappa shape index (κ1) is 17.7. The van der Waals surface area contributed by atoms with Crippen molar-refractivity contribution in [3.05, 3.63) is 59.0 Å². The van der Waals surface area contributed by atoms with E-state index >= 15 is 0 Å². The molecule has 1 atom stereocenters. The summed E-state index contributed by atoms with van der Waals surface area (Å²) in [6, 6.07) is 11.3. The van der Waals surface area contributed by atoms with Crippen LogP contribution in [-0.4, -0.2) is 25.8 Å². The van der Waals surface area contributed by atoms with Crippen LogP contribution in [0, 0.1) is 13.8 Å². The lowest BCUT2D eigenvalue weighted by Crippen LogP contribution is -2.29. The van der Waals surface area contributed by atoms with Crippen molar-refractivity contribution in [3.63, 3.8) is 0 Å². The highest BCUT2D eigenvalue weighted by molar-refractivity contribution is 7.89. The van der Waals surface area contributed by atoms with Gasteiger partial charge >= 0.3 is 0 Å². The molecular formula is C17H23NO4S. The summed E-state index contributed by atoms with van der Waals surface area (Å²) in [6.07, 6.45) is 0.0487. The third-order valence-corrected chi connectivity index (χ3v) is 5.07. The van der Waals surface area contributed by atoms with E-state index in [0.29, 0.717) is 24.2 Å². The van der Waals surface area contributed by atoms with Gasteiger partial charge in [0.1, 0.15) is 11.5 Å². The Morgan fingerprint density at radius 2 is 1.91 bits per heavy atom. The monoisotopic (exact) mass is 337 g/mol. The van der Waals surface area contributed by atoms with Crippen LogP contribution in [0.15, 0.2) is 40.8 Å². The molecule has 2 rings (SSSR count). The number of aliphatic hydroxyl groups excluding tert-OH is 1. The van der Waals surface area contributed by atoms with E-state index in [1.807, 2.05) is 37.3 Å². The molecule has 2 N–H and O–H groups in total. The van der Waals surface area contributed by atoms with Crippen molar-refractivity contribution in [2.45, 2.75) is 32.8 Å². The van der Waals surface area contributed by atoms with E-state index in [1.165, 1.54) is 0 Å². The predicted octanol–water partition coefficient (Wildman–Crippen LogP) is 2.48. The van der Waals surface area contributed by atoms with Crippen LogP contribution >= 0.6 is 0 Å². The second kappa shape index (κ2) is 7.77. The lowest BCUT2D eigenvalue weighted by molar-refractivity contribution is 0.167. The summed E-state index contributed by atoms with van der Waals surface area (Å²) >= 11 is 0. The van der Waals surface area contributed by atoms with Crippen LogP contribution in [0.25, 0.3) is 0 Å². The summed E-state index contributed by atoms with van der Waals surface area (Å²) in [5, 5.41) is 10.1. The van der Waals surface area contributed by atoms with E-state index < -0.39 is 16.1 Å². The number of hydrogen-bond acceptors (Lipinski definition) is 4. The molecule has 1 heterocycles. The van der Waals surface area contributed by atoms with Gasteiger partial charge in [-0.1, -0.05) is 30.3 Å². The Morgan fingerprint density at radius 3 is 2.52 bits per heavy atom. The average Bonchev–Trinajstić information content (AvgIpc) is 2.85. The van der Waals surface area contributed by atoms with Crippen LogP contribution in [0.2, 0.25) is 0 Å². The van der Waals surface area contributed by atoms with Crippen molar-refractivity contribution in [3.8, 4) is 0 Å². The molecule has 126 valence electrons. The maximum absolute atomic E-state index is 12.0. The molecule has 0 bridgehead atoms. The van der Waals surface area contributed by atoms with Crippen LogP contribution in [0.3, 0.4) is 0 Å². The van der Waals surface area contributed by atoms with Crippen molar-refractivity contribution in [1.29, 1.82) is 0 Å². The van der Waals surface area contributed by atoms with Crippen molar-refractivity contribution in [2.75, 3.05) is 12.3 Å². The highest BCUT2D eigenvalue weighted by Gasteiger charge is 2.16. The van der Waals surface area contributed by atoms with Crippen LogP contribution in [0.5, 0.6) is 0 Å². The Morgan fingerprint density at radius 1 is 1.22 bits per heavy atom. The van der Waals surface area contributed by atoms with E-state index in [4.69, 9.17) is 4.42 Å². The van der Waals surface area contributed by atoms with Gasteiger partial charge in [-0.25, -0.2) is 13.1 Å². The lowest BCUT2D eigenvalue weighted by atomic mass is 10.1. The van der Waals surface area contributed by atoms with E-state index in [1.54, 1.807) is 13.0 Å². The van der Waals surface area contributed by atoms with E-state index in [2.05, 4.69) is 4.72 Å². The molecule has 0 spiro atoms. The summed E-state index contributed by atoms with van der Waals surface area (Å²) in [5.74, 6) is 1.44. The smallest absolute Gasteiger partial charge is 0.211 e. The van der Waals surface area contributed by atoms with Crippen molar-refractivity contribution >= 4 is 10.0 Å². The van der Waals surface area contributed by atoms with Crippen LogP contribution in [-0.2, 0) is 16.4 Å². The Labute approximate surface area is 137 Å². The molecule has 0 saturated carbocycles. The second-order valence-electron chi connectivity index (χ2n) is 5.62. The SMILES string of the molecule is Cc1cc([C@H](O)CCNS(=O)(=O)CCc2ccccc2)c(C)o1. The normalized spacial score (nSPS) is 13.2. The Hall–Kier alpha value is -1.63. The first-order chi connectivity index (χ1) is 10.9. The van der Waals surface area contributed by atoms with Gasteiger partial charge in [0, 0.05) is 12.1 Å². The third kappa shape index (κ3) is 5.49. The molecule has 23 heavy (non-hydrogen) atoms. The first-order valence-electron chi connectivity index (χ1n) is 7.63. The fraction of sp³-hybridized carbons (Fsp3) is 0.412. The molecule has 1 aromatic heterocycles. The van der Waals surface area contributed by atoms with E-state index in [-0.39, 0.29) is 12.3 Å². The maximum atomic E-state index is 12.0. The number of sulfonamides is 1. The topological polar surface area (TPSA) is 79.5 Å². The molecule has 0 aliphatic heterocycles. The highest BCUT2D eigenvalue weighted by atomic mass is 32.2. The fourth-order valence-electron chi connectivity index (χ4n) is 2.46. The number of aryl methyl sites for hydroxylation is 3. The average molecular weight is 337 g/mol. The molecule has 0 aliphatic rings. The molecule has 5 nitrogen and oxygen atoms in total. The van der Waals surface area contributed by atoms with Crippen LogP contribution in [0.1, 0.15) is 35.2 Å². The van der Waals surface area contributed by atoms with Gasteiger partial charge in [-0.05, 0) is 38.3 Å². The Bertz CT molecular complexity index is 722. The van der Waals surface area contributed by atoms with Gasteiger partial charge in [-0.15, -0.1) is 0 Å². The lowest BCUT2D eigenvalue weighted by Gasteiger charge is -2.11. The molecule has 1 aromatic carbocycles.